The molecule has 2 rings (SSSR count). The molecule has 1 aromatic heterocycles. The van der Waals surface area contributed by atoms with E-state index < -0.39 is 5.54 Å². The quantitative estimate of drug-likeness (QED) is 0.812. The molecule has 2 N–H and O–H groups in total. The summed E-state index contributed by atoms with van der Waals surface area (Å²) in [6, 6.07) is 12.8. The Bertz CT molecular complexity index is 533. The van der Waals surface area contributed by atoms with Crippen LogP contribution in [0.3, 0.4) is 0 Å². The molecule has 2 aromatic rings. The fourth-order valence-electron chi connectivity index (χ4n) is 2.42. The van der Waals surface area contributed by atoms with Gasteiger partial charge in [-0.3, -0.25) is 0 Å². The number of nitrogens with one attached hydrogen (secondary N) is 1. The van der Waals surface area contributed by atoms with Gasteiger partial charge in [-0.15, -0.1) is 11.3 Å². The van der Waals surface area contributed by atoms with Crippen LogP contribution < -0.4 is 5.32 Å². The summed E-state index contributed by atoms with van der Waals surface area (Å²) in [5, 5.41) is 15.4. The molecule has 0 radical (unpaired) electrons. The van der Waals surface area contributed by atoms with Crippen molar-refractivity contribution >= 4 is 11.3 Å². The largest absolute Gasteiger partial charge is 0.394 e. The second-order valence-corrected chi connectivity index (χ2v) is 7.25. The summed E-state index contributed by atoms with van der Waals surface area (Å²) in [6.45, 7) is 7.38. The van der Waals surface area contributed by atoms with E-state index in [9.17, 15) is 5.11 Å². The lowest BCUT2D eigenvalue weighted by molar-refractivity contribution is 0.174. The standard InChI is InChI=1S/C18H25NOS/c1-14(2)11-15-6-8-16(9-7-15)18(3,13-20)19-12-17-5-4-10-21-17/h4-10,14,19-20H,11-13H2,1-3H3. The Kier molecular flexibility index (Phi) is 5.57. The Morgan fingerprint density at radius 2 is 1.90 bits per heavy atom. The van der Waals surface area contributed by atoms with E-state index in [0.717, 1.165) is 18.5 Å². The molecule has 1 unspecified atom stereocenters. The molecule has 0 spiro atoms. The zero-order chi connectivity index (χ0) is 15.3. The number of hydrogen-bond acceptors (Lipinski definition) is 3. The normalized spacial score (nSPS) is 14.3. The summed E-state index contributed by atoms with van der Waals surface area (Å²) in [7, 11) is 0. The molecule has 3 heteroatoms. The summed E-state index contributed by atoms with van der Waals surface area (Å²) in [5.41, 5.74) is 2.08. The van der Waals surface area contributed by atoms with E-state index >= 15 is 0 Å². The van der Waals surface area contributed by atoms with Gasteiger partial charge < -0.3 is 10.4 Å². The van der Waals surface area contributed by atoms with Crippen LogP contribution >= 0.6 is 11.3 Å². The van der Waals surface area contributed by atoms with Gasteiger partial charge in [0, 0.05) is 11.4 Å². The molecule has 114 valence electrons. The van der Waals surface area contributed by atoms with Gasteiger partial charge in [0.15, 0.2) is 0 Å². The van der Waals surface area contributed by atoms with Gasteiger partial charge in [0.2, 0.25) is 0 Å². The lowest BCUT2D eigenvalue weighted by Crippen LogP contribution is -2.42. The van der Waals surface area contributed by atoms with Gasteiger partial charge in [-0.2, -0.15) is 0 Å². The van der Waals surface area contributed by atoms with Crippen LogP contribution in [0, 0.1) is 5.92 Å². The molecule has 1 aromatic carbocycles. The monoisotopic (exact) mass is 303 g/mol. The zero-order valence-corrected chi connectivity index (χ0v) is 13.9. The van der Waals surface area contributed by atoms with Crippen molar-refractivity contribution in [3.63, 3.8) is 0 Å². The summed E-state index contributed by atoms with van der Waals surface area (Å²) in [6.07, 6.45) is 1.10. The third-order valence-electron chi connectivity index (χ3n) is 3.78. The van der Waals surface area contributed by atoms with Gasteiger partial charge in [-0.05, 0) is 41.8 Å². The Labute approximate surface area is 131 Å². The summed E-state index contributed by atoms with van der Waals surface area (Å²) >= 11 is 1.73. The topological polar surface area (TPSA) is 32.3 Å². The maximum atomic E-state index is 9.82. The van der Waals surface area contributed by atoms with E-state index in [1.54, 1.807) is 11.3 Å². The molecular weight excluding hydrogens is 278 g/mol. The molecule has 1 atom stereocenters. The number of aliphatic hydroxyl groups is 1. The Morgan fingerprint density at radius 1 is 1.19 bits per heavy atom. The Hall–Kier alpha value is -1.16. The minimum Gasteiger partial charge on any atom is -0.394 e. The first kappa shape index (κ1) is 16.2. The molecule has 0 saturated heterocycles. The molecule has 21 heavy (non-hydrogen) atoms. The second kappa shape index (κ2) is 7.21. The van der Waals surface area contributed by atoms with Gasteiger partial charge in [-0.1, -0.05) is 44.2 Å². The summed E-state index contributed by atoms with van der Waals surface area (Å²) in [4.78, 5) is 1.28. The van der Waals surface area contributed by atoms with E-state index in [4.69, 9.17) is 0 Å². The van der Waals surface area contributed by atoms with Crippen molar-refractivity contribution in [1.82, 2.24) is 5.32 Å². The van der Waals surface area contributed by atoms with Crippen LogP contribution in [0.25, 0.3) is 0 Å². The lowest BCUT2D eigenvalue weighted by atomic mass is 9.91. The molecule has 0 bridgehead atoms. The molecule has 1 heterocycles. The van der Waals surface area contributed by atoms with Crippen molar-refractivity contribution in [1.29, 1.82) is 0 Å². The van der Waals surface area contributed by atoms with Crippen molar-refractivity contribution < 1.29 is 5.11 Å². The van der Waals surface area contributed by atoms with Crippen LogP contribution in [-0.4, -0.2) is 11.7 Å². The highest BCUT2D eigenvalue weighted by Gasteiger charge is 2.25. The van der Waals surface area contributed by atoms with Gasteiger partial charge in [-0.25, -0.2) is 0 Å². The predicted octanol–water partition coefficient (Wildman–Crippen LogP) is 3.94. The second-order valence-electron chi connectivity index (χ2n) is 6.22. The first-order valence-electron chi connectivity index (χ1n) is 7.51. The van der Waals surface area contributed by atoms with E-state index in [0.29, 0.717) is 5.92 Å². The Balaban J connectivity index is 2.07. The van der Waals surface area contributed by atoms with Gasteiger partial charge in [0.25, 0.3) is 0 Å². The average molecular weight is 303 g/mol. The summed E-state index contributed by atoms with van der Waals surface area (Å²) in [5.74, 6) is 0.664. The van der Waals surface area contributed by atoms with Gasteiger partial charge >= 0.3 is 0 Å². The van der Waals surface area contributed by atoms with Crippen LogP contribution in [0.4, 0.5) is 0 Å². The average Bonchev–Trinajstić information content (AvgIpc) is 2.98. The van der Waals surface area contributed by atoms with E-state index in [1.165, 1.54) is 10.4 Å². The van der Waals surface area contributed by atoms with Crippen molar-refractivity contribution in [2.75, 3.05) is 6.61 Å². The zero-order valence-electron chi connectivity index (χ0n) is 13.1. The smallest absolute Gasteiger partial charge is 0.0652 e. The number of hydrogen-bond donors (Lipinski definition) is 2. The number of thiophene rings is 1. The molecule has 0 aliphatic carbocycles. The predicted molar refractivity (Wildman–Crippen MR) is 90.6 cm³/mol. The van der Waals surface area contributed by atoms with Crippen LogP contribution in [0.2, 0.25) is 0 Å². The number of rotatable bonds is 7. The third-order valence-corrected chi connectivity index (χ3v) is 4.66. The molecule has 0 saturated carbocycles. The van der Waals surface area contributed by atoms with Crippen LogP contribution in [0.5, 0.6) is 0 Å². The highest BCUT2D eigenvalue weighted by Crippen LogP contribution is 2.23. The molecule has 0 amide bonds. The highest BCUT2D eigenvalue weighted by molar-refractivity contribution is 7.09. The van der Waals surface area contributed by atoms with Crippen molar-refractivity contribution in [3.8, 4) is 0 Å². The molecule has 0 aliphatic rings. The minimum atomic E-state index is -0.402. The first-order valence-corrected chi connectivity index (χ1v) is 8.39. The Morgan fingerprint density at radius 3 is 2.43 bits per heavy atom. The lowest BCUT2D eigenvalue weighted by Gasteiger charge is -2.29. The molecule has 0 fully saturated rings. The fraction of sp³-hybridized carbons (Fsp3) is 0.444. The summed E-state index contributed by atoms with van der Waals surface area (Å²) < 4.78 is 0. The number of aliphatic hydroxyl groups excluding tert-OH is 1. The van der Waals surface area contributed by atoms with Gasteiger partial charge in [0.05, 0.1) is 12.1 Å². The number of benzene rings is 1. The van der Waals surface area contributed by atoms with Crippen LogP contribution in [-0.2, 0) is 18.5 Å². The molecular formula is C18H25NOS. The molecule has 0 aliphatic heterocycles. The van der Waals surface area contributed by atoms with Crippen LogP contribution in [0.1, 0.15) is 36.8 Å². The minimum absolute atomic E-state index is 0.0852. The van der Waals surface area contributed by atoms with E-state index in [1.807, 2.05) is 0 Å². The van der Waals surface area contributed by atoms with Gasteiger partial charge in [0.1, 0.15) is 0 Å². The van der Waals surface area contributed by atoms with Crippen molar-refractivity contribution in [3.05, 3.63) is 57.8 Å². The highest BCUT2D eigenvalue weighted by atomic mass is 32.1. The van der Waals surface area contributed by atoms with E-state index in [-0.39, 0.29) is 6.61 Å². The maximum Gasteiger partial charge on any atom is 0.0652 e. The maximum absolute atomic E-state index is 9.82. The van der Waals surface area contributed by atoms with Crippen molar-refractivity contribution in [2.45, 2.75) is 39.3 Å². The first-order chi connectivity index (χ1) is 10.0. The van der Waals surface area contributed by atoms with Crippen LogP contribution in [0.15, 0.2) is 41.8 Å². The van der Waals surface area contributed by atoms with E-state index in [2.05, 4.69) is 67.9 Å². The fourth-order valence-corrected chi connectivity index (χ4v) is 3.07. The SMILES string of the molecule is CC(C)Cc1ccc(C(C)(CO)NCc2cccs2)cc1. The molecule has 2 nitrogen and oxygen atoms in total. The van der Waals surface area contributed by atoms with Crippen molar-refractivity contribution in [2.24, 2.45) is 5.92 Å². The third kappa shape index (κ3) is 4.40.